The van der Waals surface area contributed by atoms with Crippen molar-refractivity contribution >= 4 is 36.2 Å². The van der Waals surface area contributed by atoms with E-state index >= 15 is 0 Å². The lowest BCUT2D eigenvalue weighted by atomic mass is 9.90. The molecule has 28 heavy (non-hydrogen) atoms. The number of aliphatic carboxylic acids is 2. The topological polar surface area (TPSA) is 158 Å². The van der Waals surface area contributed by atoms with E-state index in [1.807, 2.05) is 0 Å². The van der Waals surface area contributed by atoms with Gasteiger partial charge in [0.05, 0.1) is 12.8 Å². The molecule has 2 amide bonds. The summed E-state index contributed by atoms with van der Waals surface area (Å²) in [6.45, 7) is -0.589. The molecule has 0 bridgehead atoms. The molecule has 0 radical (unpaired) electrons. The molecule has 0 aliphatic carbocycles. The third-order valence-corrected chi connectivity index (χ3v) is 4.91. The van der Waals surface area contributed by atoms with Crippen molar-refractivity contribution in [2.75, 3.05) is 13.1 Å². The van der Waals surface area contributed by atoms with Gasteiger partial charge >= 0.3 is 11.9 Å². The van der Waals surface area contributed by atoms with Gasteiger partial charge in [0.1, 0.15) is 0 Å². The summed E-state index contributed by atoms with van der Waals surface area (Å²) in [7, 11) is 0. The summed E-state index contributed by atoms with van der Waals surface area (Å²) < 4.78 is 0. The maximum Gasteiger partial charge on any atom is 0.305 e. The van der Waals surface area contributed by atoms with Crippen LogP contribution in [-0.4, -0.2) is 80.7 Å². The molecular weight excluding hydrogens is 376 g/mol. The lowest BCUT2D eigenvalue weighted by Crippen LogP contribution is -2.78. The van der Waals surface area contributed by atoms with E-state index in [0.717, 1.165) is 9.80 Å². The third kappa shape index (κ3) is 3.14. The Morgan fingerprint density at radius 3 is 1.57 bits per heavy atom. The molecule has 1 fully saturated rings. The van der Waals surface area contributed by atoms with Crippen LogP contribution in [0.15, 0.2) is 10.3 Å². The van der Waals surface area contributed by atoms with E-state index < -0.39 is 48.0 Å². The maximum atomic E-state index is 13.4. The van der Waals surface area contributed by atoms with Gasteiger partial charge in [0.2, 0.25) is 0 Å². The number of nitrogens with zero attached hydrogens (tertiary/aromatic N) is 4. The van der Waals surface area contributed by atoms with Gasteiger partial charge in [0.15, 0.2) is 0 Å². The van der Waals surface area contributed by atoms with Crippen molar-refractivity contribution in [3.63, 3.8) is 0 Å². The number of carbonyl (C=O) groups is 4. The van der Waals surface area contributed by atoms with Crippen LogP contribution >= 0.6 is 0 Å². The Morgan fingerprint density at radius 2 is 1.29 bits per heavy atom. The minimum absolute atomic E-state index is 0.0591. The van der Waals surface area contributed by atoms with E-state index in [1.165, 1.54) is 12.4 Å². The lowest BCUT2D eigenvalue weighted by molar-refractivity contribution is -0.257. The SMILES string of the molecule is O=C(O)CCN1C(=O)C2(CCC=NO2)N(CCC(=O)O)C(=O)C12CCC=NO2. The second-order valence-electron chi connectivity index (χ2n) is 6.61. The van der Waals surface area contributed by atoms with Crippen LogP contribution < -0.4 is 0 Å². The molecule has 0 saturated carbocycles. The predicted molar refractivity (Wildman–Crippen MR) is 91.0 cm³/mol. The second-order valence-corrected chi connectivity index (χ2v) is 6.61. The summed E-state index contributed by atoms with van der Waals surface area (Å²) in [6, 6.07) is 0. The molecule has 3 heterocycles. The van der Waals surface area contributed by atoms with E-state index in [-0.39, 0.29) is 25.9 Å². The Bertz CT molecular complexity index is 691. The molecule has 2 spiro atoms. The fourth-order valence-electron chi connectivity index (χ4n) is 3.59. The highest BCUT2D eigenvalue weighted by molar-refractivity contribution is 6.01. The summed E-state index contributed by atoms with van der Waals surface area (Å²) in [5.41, 5.74) is -3.68. The van der Waals surface area contributed by atoms with Crippen molar-refractivity contribution in [3.05, 3.63) is 0 Å². The van der Waals surface area contributed by atoms with Crippen molar-refractivity contribution in [2.24, 2.45) is 10.3 Å². The summed E-state index contributed by atoms with van der Waals surface area (Å²) in [6.07, 6.45) is 2.80. The van der Waals surface area contributed by atoms with Gasteiger partial charge < -0.3 is 19.9 Å². The minimum Gasteiger partial charge on any atom is -0.481 e. The van der Waals surface area contributed by atoms with Gasteiger partial charge in [-0.1, -0.05) is 10.3 Å². The normalized spacial score (nSPS) is 29.1. The smallest absolute Gasteiger partial charge is 0.305 e. The zero-order valence-electron chi connectivity index (χ0n) is 14.9. The van der Waals surface area contributed by atoms with Gasteiger partial charge in [-0.15, -0.1) is 0 Å². The molecule has 12 heteroatoms. The number of amides is 2. The van der Waals surface area contributed by atoms with Crippen LogP contribution in [-0.2, 0) is 28.9 Å². The Labute approximate surface area is 159 Å². The van der Waals surface area contributed by atoms with E-state index in [4.69, 9.17) is 19.9 Å². The molecule has 152 valence electrons. The number of piperazine rings is 1. The van der Waals surface area contributed by atoms with Crippen LogP contribution in [0, 0.1) is 0 Å². The molecule has 3 rings (SSSR count). The fraction of sp³-hybridized carbons (Fsp3) is 0.625. The first-order chi connectivity index (χ1) is 13.3. The average molecular weight is 396 g/mol. The van der Waals surface area contributed by atoms with Gasteiger partial charge in [-0.3, -0.25) is 29.0 Å². The van der Waals surface area contributed by atoms with E-state index in [0.29, 0.717) is 12.8 Å². The van der Waals surface area contributed by atoms with Crippen molar-refractivity contribution in [2.45, 2.75) is 50.0 Å². The molecule has 0 aromatic carbocycles. The predicted octanol–water partition coefficient (Wildman–Crippen LogP) is -0.408. The van der Waals surface area contributed by atoms with Gasteiger partial charge in [-0.2, -0.15) is 0 Å². The number of carboxylic acids is 2. The summed E-state index contributed by atoms with van der Waals surface area (Å²) in [5.74, 6) is -3.71. The molecule has 2 N–H and O–H groups in total. The molecule has 3 aliphatic rings. The van der Waals surface area contributed by atoms with Crippen LogP contribution in [0.5, 0.6) is 0 Å². The number of rotatable bonds is 6. The Hall–Kier alpha value is -3.18. The fourth-order valence-corrected chi connectivity index (χ4v) is 3.59. The Kier molecular flexibility index (Phi) is 5.21. The highest BCUT2D eigenvalue weighted by atomic mass is 16.7. The van der Waals surface area contributed by atoms with Gasteiger partial charge in [-0.05, 0) is 12.8 Å². The van der Waals surface area contributed by atoms with Crippen LogP contribution in [0.25, 0.3) is 0 Å². The number of hydrogen-bond donors (Lipinski definition) is 2. The van der Waals surface area contributed by atoms with E-state index in [2.05, 4.69) is 10.3 Å². The maximum absolute atomic E-state index is 13.4. The highest BCUT2D eigenvalue weighted by Gasteiger charge is 2.67. The van der Waals surface area contributed by atoms with Crippen LogP contribution in [0.4, 0.5) is 0 Å². The standard InChI is InChI=1S/C16H20N4O8/c21-11(22)3-9-19-14(26)16(6-2-8-18-28-16)20(10-4-12(23)24)13(25)15(19)5-1-7-17-27-15/h7-8H,1-6,9-10H2,(H,21,22)(H,23,24). The van der Waals surface area contributed by atoms with Crippen molar-refractivity contribution in [1.29, 1.82) is 0 Å². The monoisotopic (exact) mass is 396 g/mol. The van der Waals surface area contributed by atoms with Crippen molar-refractivity contribution in [1.82, 2.24) is 9.80 Å². The zero-order valence-corrected chi connectivity index (χ0v) is 14.9. The van der Waals surface area contributed by atoms with Gasteiger partial charge in [0.25, 0.3) is 23.3 Å². The molecular formula is C16H20N4O8. The van der Waals surface area contributed by atoms with Crippen molar-refractivity contribution < 1.29 is 39.1 Å². The first-order valence-electron chi connectivity index (χ1n) is 8.81. The summed E-state index contributed by atoms with van der Waals surface area (Å²) in [4.78, 5) is 61.9. The average Bonchev–Trinajstić information content (AvgIpc) is 2.68. The number of oxime groups is 2. The molecule has 3 aliphatic heterocycles. The molecule has 2 atom stereocenters. The number of hydrogen-bond acceptors (Lipinski definition) is 8. The highest BCUT2D eigenvalue weighted by Crippen LogP contribution is 2.42. The summed E-state index contributed by atoms with van der Waals surface area (Å²) >= 11 is 0. The molecule has 12 nitrogen and oxygen atoms in total. The van der Waals surface area contributed by atoms with E-state index in [9.17, 15) is 19.2 Å². The Balaban J connectivity index is 2.05. The molecule has 2 unspecified atom stereocenters. The first-order valence-corrected chi connectivity index (χ1v) is 8.81. The Morgan fingerprint density at radius 1 is 0.893 bits per heavy atom. The summed E-state index contributed by atoms with van der Waals surface area (Å²) in [5, 5.41) is 25.5. The quantitative estimate of drug-likeness (QED) is 0.613. The second kappa shape index (κ2) is 7.44. The number of carbonyl (C=O) groups excluding carboxylic acids is 2. The number of carboxylic acid groups (broad SMARTS) is 2. The van der Waals surface area contributed by atoms with E-state index in [1.54, 1.807) is 0 Å². The van der Waals surface area contributed by atoms with Crippen LogP contribution in [0.2, 0.25) is 0 Å². The van der Waals surface area contributed by atoms with Crippen LogP contribution in [0.1, 0.15) is 38.5 Å². The first kappa shape index (κ1) is 19.6. The van der Waals surface area contributed by atoms with Gasteiger partial charge in [-0.25, -0.2) is 0 Å². The van der Waals surface area contributed by atoms with Crippen molar-refractivity contribution in [3.8, 4) is 0 Å². The molecule has 1 saturated heterocycles. The van der Waals surface area contributed by atoms with Gasteiger partial charge in [0, 0.05) is 38.4 Å². The largest absolute Gasteiger partial charge is 0.481 e. The lowest BCUT2D eigenvalue weighted by Gasteiger charge is -2.54. The minimum atomic E-state index is -1.84. The molecule has 0 aromatic rings. The molecule has 0 aromatic heterocycles. The zero-order chi connectivity index (χ0) is 20.4. The third-order valence-electron chi connectivity index (χ3n) is 4.91. The van der Waals surface area contributed by atoms with Crippen LogP contribution in [0.3, 0.4) is 0 Å².